The fourth-order valence-corrected chi connectivity index (χ4v) is 6.78. The minimum atomic E-state index is -0.994. The summed E-state index contributed by atoms with van der Waals surface area (Å²) < 4.78 is 10.8. The summed E-state index contributed by atoms with van der Waals surface area (Å²) in [7, 11) is 0. The van der Waals surface area contributed by atoms with E-state index in [2.05, 4.69) is 38.2 Å². The monoisotopic (exact) mass is 790 g/mol. The number of amides is 5. The molecule has 0 radical (unpaired) electrons. The number of imidazole rings is 1. The van der Waals surface area contributed by atoms with Gasteiger partial charge in [0.1, 0.15) is 23.3 Å². The molecule has 5 N–H and O–H groups in total. The molecule has 3 atom stereocenters. The third kappa shape index (κ3) is 22.0. The topological polar surface area (TPSA) is 184 Å². The van der Waals surface area contributed by atoms with Crippen LogP contribution in [-0.2, 0) is 30.3 Å². The lowest BCUT2D eigenvalue weighted by atomic mass is 10.0. The molecule has 0 saturated carbocycles. The number of hydrogen-bond acceptors (Lipinski definition) is 8. The van der Waals surface area contributed by atoms with Crippen molar-refractivity contribution in [2.24, 2.45) is 0 Å². The maximum atomic E-state index is 14.3. The summed E-state index contributed by atoms with van der Waals surface area (Å²) in [5.74, 6) is -0.853. The molecular formula is C42H75N7O7. The van der Waals surface area contributed by atoms with E-state index in [0.29, 0.717) is 38.8 Å². The van der Waals surface area contributed by atoms with Crippen LogP contribution in [-0.4, -0.2) is 93.7 Å². The van der Waals surface area contributed by atoms with Crippen LogP contribution < -0.4 is 21.3 Å². The Kier molecular flexibility index (Phi) is 22.6. The third-order valence-electron chi connectivity index (χ3n) is 9.58. The minimum absolute atomic E-state index is 0.0910. The van der Waals surface area contributed by atoms with Crippen LogP contribution in [0.1, 0.15) is 170 Å². The highest BCUT2D eigenvalue weighted by Gasteiger charge is 2.42. The zero-order valence-electron chi connectivity index (χ0n) is 35.7. The van der Waals surface area contributed by atoms with Gasteiger partial charge in [-0.05, 0) is 73.6 Å². The maximum Gasteiger partial charge on any atom is 0.408 e. The largest absolute Gasteiger partial charge is 0.444 e. The highest BCUT2D eigenvalue weighted by Crippen LogP contribution is 2.22. The highest BCUT2D eigenvalue weighted by atomic mass is 16.6. The first-order chi connectivity index (χ1) is 26.6. The summed E-state index contributed by atoms with van der Waals surface area (Å²) in [4.78, 5) is 74.5. The van der Waals surface area contributed by atoms with Gasteiger partial charge in [-0.2, -0.15) is 0 Å². The fraction of sp³-hybridized carbons (Fsp3) is 0.810. The molecule has 0 spiro atoms. The number of unbranched alkanes of at least 4 members (excludes halogenated alkanes) is 13. The summed E-state index contributed by atoms with van der Waals surface area (Å²) >= 11 is 0. The molecule has 14 nitrogen and oxygen atoms in total. The van der Waals surface area contributed by atoms with E-state index in [9.17, 15) is 24.0 Å². The molecule has 0 aromatic carbocycles. The van der Waals surface area contributed by atoms with E-state index in [0.717, 1.165) is 25.0 Å². The van der Waals surface area contributed by atoms with Gasteiger partial charge in [0, 0.05) is 50.4 Å². The van der Waals surface area contributed by atoms with Crippen molar-refractivity contribution in [2.75, 3.05) is 19.6 Å². The Labute approximate surface area is 336 Å². The van der Waals surface area contributed by atoms with E-state index >= 15 is 0 Å². The Balaban J connectivity index is 1.98. The van der Waals surface area contributed by atoms with E-state index in [1.54, 1.807) is 54.1 Å². The van der Waals surface area contributed by atoms with Gasteiger partial charge in [-0.1, -0.05) is 84.0 Å². The fourth-order valence-electron chi connectivity index (χ4n) is 6.78. The van der Waals surface area contributed by atoms with Crippen molar-refractivity contribution in [3.05, 3.63) is 18.2 Å². The Bertz CT molecular complexity index is 1290. The van der Waals surface area contributed by atoms with Crippen LogP contribution in [0.4, 0.5) is 9.59 Å². The van der Waals surface area contributed by atoms with Gasteiger partial charge in [-0.25, -0.2) is 14.6 Å². The third-order valence-corrected chi connectivity index (χ3v) is 9.58. The van der Waals surface area contributed by atoms with Crippen molar-refractivity contribution in [1.82, 2.24) is 36.1 Å². The summed E-state index contributed by atoms with van der Waals surface area (Å²) in [5, 5.41) is 11.5. The van der Waals surface area contributed by atoms with E-state index in [4.69, 9.17) is 9.47 Å². The first-order valence-corrected chi connectivity index (χ1v) is 21.4. The van der Waals surface area contributed by atoms with E-state index in [1.165, 1.54) is 69.1 Å². The van der Waals surface area contributed by atoms with Crippen molar-refractivity contribution >= 4 is 29.9 Å². The molecule has 1 fully saturated rings. The van der Waals surface area contributed by atoms with E-state index in [-0.39, 0.29) is 31.2 Å². The minimum Gasteiger partial charge on any atom is -0.444 e. The number of ether oxygens (including phenoxy) is 2. The van der Waals surface area contributed by atoms with Crippen molar-refractivity contribution in [1.29, 1.82) is 0 Å². The first-order valence-electron chi connectivity index (χ1n) is 21.4. The van der Waals surface area contributed by atoms with Crippen LogP contribution >= 0.6 is 0 Å². The quantitative estimate of drug-likeness (QED) is 0.0610. The second kappa shape index (κ2) is 26.1. The zero-order chi connectivity index (χ0) is 41.4. The molecule has 2 heterocycles. The lowest BCUT2D eigenvalue weighted by Crippen LogP contribution is -2.54. The molecule has 1 aromatic heterocycles. The predicted molar refractivity (Wildman–Crippen MR) is 219 cm³/mol. The number of rotatable bonds is 26. The van der Waals surface area contributed by atoms with Gasteiger partial charge >= 0.3 is 12.2 Å². The Morgan fingerprint density at radius 3 is 1.95 bits per heavy atom. The Morgan fingerprint density at radius 2 is 1.38 bits per heavy atom. The lowest BCUT2D eigenvalue weighted by molar-refractivity contribution is -0.140. The predicted octanol–water partition coefficient (Wildman–Crippen LogP) is 7.22. The highest BCUT2D eigenvalue weighted by molar-refractivity contribution is 5.92. The smallest absolute Gasteiger partial charge is 0.408 e. The SMILES string of the molecule is CCCCCCCCCCCCCCCC(=O)N[C@H]1C[C@@H](C(=O)NCCc2cnc[nH]2)N(C(=O)[C@@H](CCCCNC(=O)OC(C)(C)C)NC(=O)OC(C)(C)C)C1. The molecule has 0 bridgehead atoms. The molecule has 56 heavy (non-hydrogen) atoms. The second-order valence-corrected chi connectivity index (χ2v) is 17.2. The molecule has 1 aliphatic rings. The van der Waals surface area contributed by atoms with Gasteiger partial charge in [0.05, 0.1) is 6.33 Å². The molecule has 0 unspecified atom stereocenters. The van der Waals surface area contributed by atoms with Crippen molar-refractivity contribution in [2.45, 2.75) is 200 Å². The number of carbonyl (C=O) groups is 5. The number of nitrogens with one attached hydrogen (secondary N) is 5. The summed E-state index contributed by atoms with van der Waals surface area (Å²) in [6.07, 6.45) is 20.4. The van der Waals surface area contributed by atoms with Crippen LogP contribution in [0.25, 0.3) is 0 Å². The Hall–Kier alpha value is -3.84. The molecule has 0 aliphatic carbocycles. The van der Waals surface area contributed by atoms with E-state index in [1.807, 2.05) is 0 Å². The lowest BCUT2D eigenvalue weighted by Gasteiger charge is -2.29. The average molecular weight is 790 g/mol. The number of nitrogens with zero attached hydrogens (tertiary/aromatic N) is 2. The van der Waals surface area contributed by atoms with Gasteiger partial charge in [-0.3, -0.25) is 14.4 Å². The zero-order valence-corrected chi connectivity index (χ0v) is 35.7. The van der Waals surface area contributed by atoms with Crippen LogP contribution in [0.2, 0.25) is 0 Å². The maximum absolute atomic E-state index is 14.3. The van der Waals surface area contributed by atoms with Crippen LogP contribution in [0, 0.1) is 0 Å². The summed E-state index contributed by atoms with van der Waals surface area (Å²) in [6, 6.07) is -2.26. The number of likely N-dealkylation sites (tertiary alicyclic amines) is 1. The molecule has 2 rings (SSSR count). The van der Waals surface area contributed by atoms with Gasteiger partial charge in [0.15, 0.2) is 0 Å². The number of alkyl carbamates (subject to hydrolysis) is 2. The van der Waals surface area contributed by atoms with Gasteiger partial charge < -0.3 is 40.6 Å². The van der Waals surface area contributed by atoms with Crippen molar-refractivity contribution in [3.8, 4) is 0 Å². The molecule has 1 saturated heterocycles. The summed E-state index contributed by atoms with van der Waals surface area (Å²) in [6.45, 7) is 13.6. The number of aromatic nitrogens is 2. The van der Waals surface area contributed by atoms with Gasteiger partial charge in [0.25, 0.3) is 0 Å². The van der Waals surface area contributed by atoms with Crippen molar-refractivity contribution < 1.29 is 33.4 Å². The average Bonchev–Trinajstić information content (AvgIpc) is 3.78. The molecule has 1 aliphatic heterocycles. The van der Waals surface area contributed by atoms with Crippen LogP contribution in [0.5, 0.6) is 0 Å². The first kappa shape index (κ1) is 48.3. The van der Waals surface area contributed by atoms with Crippen LogP contribution in [0.3, 0.4) is 0 Å². The summed E-state index contributed by atoms with van der Waals surface area (Å²) in [5.41, 5.74) is -0.548. The molecule has 5 amide bonds. The number of aromatic amines is 1. The normalized spacial score (nSPS) is 16.2. The van der Waals surface area contributed by atoms with E-state index < -0.39 is 47.4 Å². The second-order valence-electron chi connectivity index (χ2n) is 17.2. The molecule has 1 aromatic rings. The van der Waals surface area contributed by atoms with Gasteiger partial charge in [0.2, 0.25) is 17.7 Å². The molecule has 14 heteroatoms. The van der Waals surface area contributed by atoms with Crippen LogP contribution in [0.15, 0.2) is 12.5 Å². The molecular weight excluding hydrogens is 715 g/mol. The number of hydrogen-bond donors (Lipinski definition) is 5. The molecule has 320 valence electrons. The van der Waals surface area contributed by atoms with Crippen molar-refractivity contribution in [3.63, 3.8) is 0 Å². The number of H-pyrrole nitrogens is 1. The number of carbonyl (C=O) groups excluding carboxylic acids is 5. The standard InChI is InChI=1S/C42H75N7O7/c1-8-9-10-11-12-13-14-15-16-17-18-19-20-24-36(50)47-33-28-35(37(51)44-27-25-32-29-43-31-46-32)49(30-33)38(52)34(48-40(54)56-42(5,6)7)23-21-22-26-45-39(53)55-41(2,3)4/h29,31,33-35H,8-28,30H2,1-7H3,(H,43,46)(H,44,51)(H,45,53)(H,47,50)(H,48,54)/t33-,34+,35-/m0/s1. The Morgan fingerprint density at radius 1 is 0.786 bits per heavy atom. The van der Waals surface area contributed by atoms with Gasteiger partial charge in [-0.15, -0.1) is 0 Å².